The second-order valence-corrected chi connectivity index (χ2v) is 5.66. The molecule has 0 aromatic heterocycles. The summed E-state index contributed by atoms with van der Waals surface area (Å²) in [5.74, 6) is 0.277. The number of aromatic hydroxyl groups is 1. The van der Waals surface area contributed by atoms with Crippen molar-refractivity contribution < 1.29 is 9.84 Å². The summed E-state index contributed by atoms with van der Waals surface area (Å²) in [7, 11) is 1.67. The van der Waals surface area contributed by atoms with E-state index in [0.717, 1.165) is 17.5 Å². The molecule has 0 fully saturated rings. The summed E-state index contributed by atoms with van der Waals surface area (Å²) in [6.07, 6.45) is 0.736. The third-order valence-corrected chi connectivity index (χ3v) is 3.31. The van der Waals surface area contributed by atoms with Crippen LogP contribution in [0.15, 0.2) is 12.1 Å². The van der Waals surface area contributed by atoms with Crippen molar-refractivity contribution in [3.63, 3.8) is 0 Å². The van der Waals surface area contributed by atoms with Crippen molar-refractivity contribution in [1.29, 1.82) is 0 Å². The van der Waals surface area contributed by atoms with E-state index in [9.17, 15) is 5.11 Å². The van der Waals surface area contributed by atoms with E-state index in [1.807, 2.05) is 19.1 Å². The third-order valence-electron chi connectivity index (χ3n) is 3.31. The zero-order valence-electron chi connectivity index (χ0n) is 12.1. The standard InChI is InChI=1S/C15H25NO2/c1-6-13(18-5)12-8-11(15(2,3)4)7-10(9-16)14(12)17/h7-8,13,17H,6,9,16H2,1-5H3. The van der Waals surface area contributed by atoms with Crippen LogP contribution in [0.4, 0.5) is 0 Å². The fourth-order valence-corrected chi connectivity index (χ4v) is 2.07. The summed E-state index contributed by atoms with van der Waals surface area (Å²) in [4.78, 5) is 0. The van der Waals surface area contributed by atoms with Crippen LogP contribution in [0.1, 0.15) is 56.9 Å². The van der Waals surface area contributed by atoms with Crippen LogP contribution < -0.4 is 5.73 Å². The van der Waals surface area contributed by atoms with Gasteiger partial charge in [-0.3, -0.25) is 0 Å². The molecule has 0 spiro atoms. The molecule has 0 radical (unpaired) electrons. The third kappa shape index (κ3) is 3.03. The quantitative estimate of drug-likeness (QED) is 0.863. The maximum atomic E-state index is 10.3. The SMILES string of the molecule is CCC(OC)c1cc(C(C)(C)C)cc(CN)c1O. The van der Waals surface area contributed by atoms with Crippen LogP contribution >= 0.6 is 0 Å². The van der Waals surface area contributed by atoms with Gasteiger partial charge in [-0.2, -0.15) is 0 Å². The lowest BCUT2D eigenvalue weighted by atomic mass is 9.83. The number of phenolic OH excluding ortho intramolecular Hbond substituents is 1. The van der Waals surface area contributed by atoms with Gasteiger partial charge in [0.1, 0.15) is 5.75 Å². The van der Waals surface area contributed by atoms with Crippen LogP contribution in [-0.2, 0) is 16.7 Å². The maximum Gasteiger partial charge on any atom is 0.125 e. The van der Waals surface area contributed by atoms with Crippen LogP contribution in [0.5, 0.6) is 5.75 Å². The zero-order chi connectivity index (χ0) is 13.9. The molecule has 1 atom stereocenters. The average Bonchev–Trinajstić information content (AvgIpc) is 2.31. The van der Waals surface area contributed by atoms with E-state index in [1.54, 1.807) is 7.11 Å². The lowest BCUT2D eigenvalue weighted by Gasteiger charge is -2.24. The zero-order valence-corrected chi connectivity index (χ0v) is 12.1. The number of rotatable bonds is 4. The number of ether oxygens (including phenoxy) is 1. The molecule has 0 aliphatic carbocycles. The summed E-state index contributed by atoms with van der Waals surface area (Å²) in [5.41, 5.74) is 8.54. The Balaban J connectivity index is 3.40. The van der Waals surface area contributed by atoms with E-state index in [1.165, 1.54) is 5.56 Å². The van der Waals surface area contributed by atoms with Crippen LogP contribution in [0, 0.1) is 0 Å². The Kier molecular flexibility index (Phi) is 4.77. The van der Waals surface area contributed by atoms with Crippen molar-refractivity contribution in [3.05, 3.63) is 28.8 Å². The minimum Gasteiger partial charge on any atom is -0.507 e. The highest BCUT2D eigenvalue weighted by molar-refractivity contribution is 5.46. The molecule has 102 valence electrons. The van der Waals surface area contributed by atoms with Gasteiger partial charge in [-0.05, 0) is 23.5 Å². The molecule has 1 unspecified atom stereocenters. The van der Waals surface area contributed by atoms with E-state index in [4.69, 9.17) is 10.5 Å². The van der Waals surface area contributed by atoms with Gasteiger partial charge < -0.3 is 15.6 Å². The van der Waals surface area contributed by atoms with Crippen molar-refractivity contribution in [2.24, 2.45) is 5.73 Å². The van der Waals surface area contributed by atoms with Gasteiger partial charge in [-0.15, -0.1) is 0 Å². The highest BCUT2D eigenvalue weighted by atomic mass is 16.5. The summed E-state index contributed by atoms with van der Waals surface area (Å²) in [6, 6.07) is 4.02. The fourth-order valence-electron chi connectivity index (χ4n) is 2.07. The number of hydrogen-bond acceptors (Lipinski definition) is 3. The first kappa shape index (κ1) is 15.0. The monoisotopic (exact) mass is 251 g/mol. The lowest BCUT2D eigenvalue weighted by Crippen LogP contribution is -2.14. The molecule has 1 aromatic carbocycles. The van der Waals surface area contributed by atoms with Crippen LogP contribution in [0.25, 0.3) is 0 Å². The Morgan fingerprint density at radius 1 is 1.33 bits per heavy atom. The predicted octanol–water partition coefficient (Wildman–Crippen LogP) is 3.25. The molecule has 1 rings (SSSR count). The molecular formula is C15H25NO2. The summed E-state index contributed by atoms with van der Waals surface area (Å²) in [6.45, 7) is 8.83. The molecule has 3 nitrogen and oxygen atoms in total. The normalized spacial score (nSPS) is 13.7. The van der Waals surface area contributed by atoms with Crippen LogP contribution in [-0.4, -0.2) is 12.2 Å². The van der Waals surface area contributed by atoms with Gasteiger partial charge in [0.05, 0.1) is 6.10 Å². The molecule has 0 bridgehead atoms. The van der Waals surface area contributed by atoms with E-state index < -0.39 is 0 Å². The first-order chi connectivity index (χ1) is 8.35. The predicted molar refractivity (Wildman–Crippen MR) is 74.7 cm³/mol. The number of hydrogen-bond donors (Lipinski definition) is 2. The van der Waals surface area contributed by atoms with Gasteiger partial charge in [0.25, 0.3) is 0 Å². The molecule has 0 saturated carbocycles. The van der Waals surface area contributed by atoms with Gasteiger partial charge in [0.2, 0.25) is 0 Å². The van der Waals surface area contributed by atoms with Crippen molar-refractivity contribution in [2.45, 2.75) is 52.2 Å². The summed E-state index contributed by atoms with van der Waals surface area (Å²) < 4.78 is 5.43. The van der Waals surface area contributed by atoms with E-state index in [2.05, 4.69) is 20.8 Å². The van der Waals surface area contributed by atoms with Crippen LogP contribution in [0.3, 0.4) is 0 Å². The number of benzene rings is 1. The van der Waals surface area contributed by atoms with Crippen molar-refractivity contribution in [3.8, 4) is 5.75 Å². The highest BCUT2D eigenvalue weighted by Crippen LogP contribution is 2.36. The molecule has 0 aliphatic heterocycles. The molecule has 3 N–H and O–H groups in total. The van der Waals surface area contributed by atoms with Gasteiger partial charge >= 0.3 is 0 Å². The lowest BCUT2D eigenvalue weighted by molar-refractivity contribution is 0.0975. The van der Waals surface area contributed by atoms with Crippen molar-refractivity contribution in [2.75, 3.05) is 7.11 Å². The van der Waals surface area contributed by atoms with Gasteiger partial charge in [-0.25, -0.2) is 0 Å². The summed E-state index contributed by atoms with van der Waals surface area (Å²) in [5, 5.41) is 10.3. The smallest absolute Gasteiger partial charge is 0.125 e. The Morgan fingerprint density at radius 3 is 2.33 bits per heavy atom. The van der Waals surface area contributed by atoms with Gasteiger partial charge in [-0.1, -0.05) is 33.8 Å². The molecular weight excluding hydrogens is 226 g/mol. The maximum absolute atomic E-state index is 10.3. The van der Waals surface area contributed by atoms with Gasteiger partial charge in [0.15, 0.2) is 0 Å². The second kappa shape index (κ2) is 5.72. The van der Waals surface area contributed by atoms with Crippen molar-refractivity contribution >= 4 is 0 Å². The minimum absolute atomic E-state index is 0.0262. The van der Waals surface area contributed by atoms with E-state index in [-0.39, 0.29) is 17.3 Å². The largest absolute Gasteiger partial charge is 0.507 e. The molecule has 0 heterocycles. The molecule has 0 saturated heterocycles. The Hall–Kier alpha value is -1.06. The average molecular weight is 251 g/mol. The van der Waals surface area contributed by atoms with Gasteiger partial charge in [0, 0.05) is 24.8 Å². The first-order valence-electron chi connectivity index (χ1n) is 6.44. The van der Waals surface area contributed by atoms with E-state index in [0.29, 0.717) is 6.54 Å². The molecule has 3 heteroatoms. The van der Waals surface area contributed by atoms with Crippen LogP contribution in [0.2, 0.25) is 0 Å². The second-order valence-electron chi connectivity index (χ2n) is 5.66. The molecule has 1 aromatic rings. The van der Waals surface area contributed by atoms with Crippen molar-refractivity contribution in [1.82, 2.24) is 0 Å². The number of methoxy groups -OCH3 is 1. The molecule has 0 amide bonds. The summed E-state index contributed by atoms with van der Waals surface area (Å²) >= 11 is 0. The Morgan fingerprint density at radius 2 is 1.94 bits per heavy atom. The topological polar surface area (TPSA) is 55.5 Å². The Labute approximate surface area is 110 Å². The number of phenols is 1. The first-order valence-corrected chi connectivity index (χ1v) is 6.44. The molecule has 0 aliphatic rings. The van der Waals surface area contributed by atoms with E-state index >= 15 is 0 Å². The number of nitrogens with two attached hydrogens (primary N) is 1. The minimum atomic E-state index is -0.0856. The fraction of sp³-hybridized carbons (Fsp3) is 0.600. The highest BCUT2D eigenvalue weighted by Gasteiger charge is 2.21. The Bertz CT molecular complexity index is 404. The molecule has 18 heavy (non-hydrogen) atoms.